The third-order valence-electron chi connectivity index (χ3n) is 4.03. The van der Waals surface area contributed by atoms with E-state index in [0.29, 0.717) is 17.6 Å². The van der Waals surface area contributed by atoms with E-state index in [9.17, 15) is 9.59 Å². The van der Waals surface area contributed by atoms with Crippen LogP contribution in [-0.4, -0.2) is 15.6 Å². The first-order chi connectivity index (χ1) is 11.6. The Kier molecular flexibility index (Phi) is 3.20. The number of carboxylic acids is 1. The van der Waals surface area contributed by atoms with Gasteiger partial charge in [0, 0.05) is 18.0 Å². The van der Waals surface area contributed by atoms with Gasteiger partial charge in [-0.05, 0) is 17.7 Å². The summed E-state index contributed by atoms with van der Waals surface area (Å²) < 4.78 is 7.39. The van der Waals surface area contributed by atoms with Crippen molar-refractivity contribution >= 4 is 28.0 Å². The summed E-state index contributed by atoms with van der Waals surface area (Å²) in [7, 11) is 0. The van der Waals surface area contributed by atoms with Crippen LogP contribution >= 0.6 is 0 Å². The van der Waals surface area contributed by atoms with Crippen LogP contribution in [0.5, 0.6) is 0 Å². The zero-order chi connectivity index (χ0) is 16.7. The second-order valence-corrected chi connectivity index (χ2v) is 5.55. The van der Waals surface area contributed by atoms with E-state index in [1.807, 2.05) is 59.2 Å². The molecule has 4 rings (SSSR count). The van der Waals surface area contributed by atoms with Gasteiger partial charge in [-0.1, -0.05) is 42.5 Å². The van der Waals surface area contributed by atoms with Gasteiger partial charge in [-0.25, -0.2) is 4.79 Å². The second kappa shape index (κ2) is 5.38. The Balaban J connectivity index is 2.07. The van der Waals surface area contributed by atoms with Crippen molar-refractivity contribution in [2.24, 2.45) is 0 Å². The van der Waals surface area contributed by atoms with Crippen molar-refractivity contribution < 1.29 is 14.3 Å². The van der Waals surface area contributed by atoms with Gasteiger partial charge >= 0.3 is 5.97 Å². The normalized spacial score (nSPS) is 11.2. The van der Waals surface area contributed by atoms with Crippen molar-refractivity contribution in [3.05, 3.63) is 82.2 Å². The maximum Gasteiger partial charge on any atom is 0.371 e. The summed E-state index contributed by atoms with van der Waals surface area (Å²) in [5.41, 5.74) is 2.21. The molecule has 0 aliphatic rings. The lowest BCUT2D eigenvalue weighted by Gasteiger charge is -2.06. The molecule has 0 saturated heterocycles. The quantitative estimate of drug-likeness (QED) is 0.627. The Labute approximate surface area is 136 Å². The Hall–Kier alpha value is -3.34. The average Bonchev–Trinajstić information content (AvgIpc) is 2.91. The van der Waals surface area contributed by atoms with E-state index in [0.717, 1.165) is 22.5 Å². The van der Waals surface area contributed by atoms with E-state index in [2.05, 4.69) is 0 Å². The molecule has 0 unspecified atom stereocenters. The first-order valence-electron chi connectivity index (χ1n) is 7.47. The molecule has 4 aromatic rings. The molecule has 1 N–H and O–H groups in total. The van der Waals surface area contributed by atoms with E-state index >= 15 is 0 Å². The summed E-state index contributed by atoms with van der Waals surface area (Å²) in [5.74, 6) is -1.61. The van der Waals surface area contributed by atoms with Gasteiger partial charge in [0.1, 0.15) is 5.52 Å². The SMILES string of the molecule is O=C(O)c1cc(=O)c2c(o1)c1ccccc1n2Cc1ccccc1. The van der Waals surface area contributed by atoms with Crippen LogP contribution < -0.4 is 5.43 Å². The van der Waals surface area contributed by atoms with E-state index in [-0.39, 0.29) is 11.2 Å². The Bertz CT molecular complexity index is 1120. The van der Waals surface area contributed by atoms with Gasteiger partial charge in [0.2, 0.25) is 11.2 Å². The molecule has 0 atom stereocenters. The lowest BCUT2D eigenvalue weighted by Crippen LogP contribution is -2.11. The van der Waals surface area contributed by atoms with Crippen molar-refractivity contribution in [2.75, 3.05) is 0 Å². The van der Waals surface area contributed by atoms with Crippen LogP contribution in [0.4, 0.5) is 0 Å². The van der Waals surface area contributed by atoms with Gasteiger partial charge in [-0.15, -0.1) is 0 Å². The van der Waals surface area contributed by atoms with Crippen LogP contribution in [0.15, 0.2) is 69.9 Å². The predicted molar refractivity (Wildman–Crippen MR) is 90.5 cm³/mol. The topological polar surface area (TPSA) is 72.4 Å². The van der Waals surface area contributed by atoms with E-state index in [4.69, 9.17) is 9.52 Å². The molecule has 0 aliphatic heterocycles. The highest BCUT2D eigenvalue weighted by molar-refractivity contribution is 6.05. The van der Waals surface area contributed by atoms with Gasteiger partial charge in [0.05, 0.1) is 5.52 Å². The van der Waals surface area contributed by atoms with Gasteiger partial charge < -0.3 is 14.1 Å². The van der Waals surface area contributed by atoms with Crippen molar-refractivity contribution in [1.29, 1.82) is 0 Å². The summed E-state index contributed by atoms with van der Waals surface area (Å²) in [4.78, 5) is 23.7. The zero-order valence-electron chi connectivity index (χ0n) is 12.6. The van der Waals surface area contributed by atoms with Gasteiger partial charge in [-0.3, -0.25) is 4.79 Å². The number of rotatable bonds is 3. The number of fused-ring (bicyclic) bond motifs is 3. The summed E-state index contributed by atoms with van der Waals surface area (Å²) in [6.45, 7) is 0.502. The van der Waals surface area contributed by atoms with Crippen LogP contribution in [-0.2, 0) is 6.54 Å². The van der Waals surface area contributed by atoms with Crippen molar-refractivity contribution in [1.82, 2.24) is 4.57 Å². The molecule has 24 heavy (non-hydrogen) atoms. The summed E-state index contributed by atoms with van der Waals surface area (Å²) in [5, 5.41) is 9.87. The molecule has 0 radical (unpaired) electrons. The minimum atomic E-state index is -1.26. The first-order valence-corrected chi connectivity index (χ1v) is 7.47. The van der Waals surface area contributed by atoms with E-state index in [1.165, 1.54) is 0 Å². The monoisotopic (exact) mass is 319 g/mol. The Morgan fingerprint density at radius 2 is 1.75 bits per heavy atom. The van der Waals surface area contributed by atoms with Crippen LogP contribution in [0.3, 0.4) is 0 Å². The maximum absolute atomic E-state index is 12.5. The van der Waals surface area contributed by atoms with Crippen LogP contribution in [0, 0.1) is 0 Å². The number of aromatic carboxylic acids is 1. The molecule has 0 amide bonds. The molecule has 2 heterocycles. The minimum absolute atomic E-state index is 0.312. The number of benzene rings is 2. The number of carbonyl (C=O) groups is 1. The predicted octanol–water partition coefficient (Wildman–Crippen LogP) is 3.49. The van der Waals surface area contributed by atoms with Crippen molar-refractivity contribution in [3.8, 4) is 0 Å². The molecule has 0 spiro atoms. The molecule has 2 aromatic carbocycles. The van der Waals surface area contributed by atoms with Gasteiger partial charge in [0.15, 0.2) is 5.58 Å². The highest BCUT2D eigenvalue weighted by Crippen LogP contribution is 2.28. The number of aromatic nitrogens is 1. The fourth-order valence-electron chi connectivity index (χ4n) is 2.98. The summed E-state index contributed by atoms with van der Waals surface area (Å²) in [6, 6.07) is 18.2. The molecule has 118 valence electrons. The van der Waals surface area contributed by atoms with Gasteiger partial charge in [0.25, 0.3) is 0 Å². The van der Waals surface area contributed by atoms with Crippen molar-refractivity contribution in [3.63, 3.8) is 0 Å². The smallest absolute Gasteiger partial charge is 0.371 e. The van der Waals surface area contributed by atoms with E-state index < -0.39 is 5.97 Å². The summed E-state index contributed by atoms with van der Waals surface area (Å²) in [6.07, 6.45) is 0. The average molecular weight is 319 g/mol. The molecule has 0 aliphatic carbocycles. The standard InChI is InChI=1S/C19H13NO4/c21-15-10-16(19(22)23)24-18-13-8-4-5-9-14(13)20(17(15)18)11-12-6-2-1-3-7-12/h1-10H,11H2,(H,22,23). The van der Waals surface area contributed by atoms with Crippen molar-refractivity contribution in [2.45, 2.75) is 6.54 Å². The second-order valence-electron chi connectivity index (χ2n) is 5.55. The molecular weight excluding hydrogens is 306 g/mol. The molecule has 0 saturated carbocycles. The van der Waals surface area contributed by atoms with Crippen LogP contribution in [0.2, 0.25) is 0 Å². The highest BCUT2D eigenvalue weighted by Gasteiger charge is 2.19. The van der Waals surface area contributed by atoms with Crippen LogP contribution in [0.1, 0.15) is 16.1 Å². The number of nitrogens with zero attached hydrogens (tertiary/aromatic N) is 1. The highest BCUT2D eigenvalue weighted by atomic mass is 16.4. The lowest BCUT2D eigenvalue weighted by atomic mass is 10.2. The van der Waals surface area contributed by atoms with Crippen LogP contribution in [0.25, 0.3) is 22.0 Å². The molecule has 0 fully saturated rings. The molecule has 5 nitrogen and oxygen atoms in total. The molecule has 0 bridgehead atoms. The molecular formula is C19H13NO4. The summed E-state index contributed by atoms with van der Waals surface area (Å²) >= 11 is 0. The van der Waals surface area contributed by atoms with E-state index in [1.54, 1.807) is 0 Å². The zero-order valence-corrected chi connectivity index (χ0v) is 12.6. The fourth-order valence-corrected chi connectivity index (χ4v) is 2.98. The molecule has 5 heteroatoms. The Morgan fingerprint density at radius 1 is 1.04 bits per heavy atom. The van der Waals surface area contributed by atoms with Gasteiger partial charge in [-0.2, -0.15) is 0 Å². The number of hydrogen-bond acceptors (Lipinski definition) is 3. The minimum Gasteiger partial charge on any atom is -0.475 e. The molecule has 2 aromatic heterocycles. The number of para-hydroxylation sites is 1. The third-order valence-corrected chi connectivity index (χ3v) is 4.03. The Morgan fingerprint density at radius 3 is 2.50 bits per heavy atom. The third kappa shape index (κ3) is 2.18. The first kappa shape index (κ1) is 14.3. The number of carboxylic acid groups (broad SMARTS) is 1. The maximum atomic E-state index is 12.5. The largest absolute Gasteiger partial charge is 0.475 e. The fraction of sp³-hybridized carbons (Fsp3) is 0.0526. The lowest BCUT2D eigenvalue weighted by molar-refractivity contribution is 0.0663. The number of hydrogen-bond donors (Lipinski definition) is 1.